The van der Waals surface area contributed by atoms with Crippen molar-refractivity contribution in [2.45, 2.75) is 23.6 Å². The average Bonchev–Trinajstić information content (AvgIpc) is 2.67. The van der Waals surface area contributed by atoms with E-state index in [1.807, 2.05) is 0 Å². The third kappa shape index (κ3) is 5.35. The van der Waals surface area contributed by atoms with E-state index < -0.39 is 26.0 Å². The molecule has 4 N–H and O–H groups in total. The third-order valence-electron chi connectivity index (χ3n) is 4.07. The van der Waals surface area contributed by atoms with Gasteiger partial charge in [-0.15, -0.1) is 0 Å². The van der Waals surface area contributed by atoms with Gasteiger partial charge in [-0.05, 0) is 68.4 Å². The predicted molar refractivity (Wildman–Crippen MR) is 115 cm³/mol. The van der Waals surface area contributed by atoms with Gasteiger partial charge >= 0.3 is 0 Å². The van der Waals surface area contributed by atoms with Gasteiger partial charge in [0.25, 0.3) is 20.0 Å². The first kappa shape index (κ1) is 22.2. The second kappa shape index (κ2) is 8.32. The smallest absolute Gasteiger partial charge is 0.264 e. The molecule has 10 nitrogen and oxygen atoms in total. The Bertz CT molecular complexity index is 1320. The summed E-state index contributed by atoms with van der Waals surface area (Å²) in [6, 6.07) is 11.9. The van der Waals surface area contributed by atoms with E-state index in [4.69, 9.17) is 5.73 Å². The summed E-state index contributed by atoms with van der Waals surface area (Å²) in [6.45, 7) is 3.43. The molecule has 0 saturated carbocycles. The minimum atomic E-state index is -3.97. The van der Waals surface area contributed by atoms with Crippen molar-refractivity contribution in [1.82, 2.24) is 9.97 Å². The second-order valence-corrected chi connectivity index (χ2v) is 9.96. The number of nitrogens with zero attached hydrogens (tertiary/aromatic N) is 2. The number of benzene rings is 2. The van der Waals surface area contributed by atoms with Crippen molar-refractivity contribution in [3.8, 4) is 0 Å². The summed E-state index contributed by atoms with van der Waals surface area (Å²) in [5.74, 6) is -0.727. The molecule has 0 fully saturated rings. The highest BCUT2D eigenvalue weighted by atomic mass is 32.2. The number of nitrogens with one attached hydrogen (secondary N) is 2. The Morgan fingerprint density at radius 3 is 1.71 bits per heavy atom. The molecule has 1 aromatic heterocycles. The maximum atomic E-state index is 12.6. The van der Waals surface area contributed by atoms with E-state index in [-0.39, 0.29) is 27.0 Å². The van der Waals surface area contributed by atoms with Gasteiger partial charge in [0.05, 0.1) is 9.79 Å². The predicted octanol–water partition coefficient (Wildman–Crippen LogP) is 1.79. The number of primary amides is 1. The number of amides is 1. The van der Waals surface area contributed by atoms with Gasteiger partial charge in [-0.25, -0.2) is 31.5 Å². The van der Waals surface area contributed by atoms with Crippen molar-refractivity contribution in [3.63, 3.8) is 0 Å². The molecule has 3 rings (SSSR count). The molecule has 0 aliphatic heterocycles. The van der Waals surface area contributed by atoms with Crippen LogP contribution in [-0.4, -0.2) is 32.7 Å². The zero-order valence-electron chi connectivity index (χ0n) is 16.5. The van der Waals surface area contributed by atoms with Crippen LogP contribution in [0.2, 0.25) is 0 Å². The third-order valence-corrected chi connectivity index (χ3v) is 6.82. The largest absolute Gasteiger partial charge is 0.366 e. The first-order valence-electron chi connectivity index (χ1n) is 8.84. The first-order chi connectivity index (χ1) is 14.5. The van der Waals surface area contributed by atoms with Crippen molar-refractivity contribution in [3.05, 3.63) is 71.5 Å². The molecule has 0 saturated heterocycles. The van der Waals surface area contributed by atoms with Crippen molar-refractivity contribution < 1.29 is 21.6 Å². The van der Waals surface area contributed by atoms with Crippen molar-refractivity contribution in [1.29, 1.82) is 0 Å². The van der Waals surface area contributed by atoms with Crippen LogP contribution in [0.5, 0.6) is 0 Å². The summed E-state index contributed by atoms with van der Waals surface area (Å²) in [7, 11) is -7.92. The monoisotopic (exact) mass is 461 g/mol. The molecular weight excluding hydrogens is 442 g/mol. The SMILES string of the molecule is Cc1cc(C)nc(NS(=O)(=O)c2ccc(NS(=O)(=O)c3ccc(C(N)=O)cc3)cc2)n1. The molecule has 162 valence electrons. The highest BCUT2D eigenvalue weighted by molar-refractivity contribution is 7.93. The number of carbonyl (C=O) groups is 1. The van der Waals surface area contributed by atoms with Gasteiger partial charge in [-0.2, -0.15) is 0 Å². The van der Waals surface area contributed by atoms with Crippen molar-refractivity contribution >= 4 is 37.6 Å². The van der Waals surface area contributed by atoms with E-state index in [0.717, 1.165) is 0 Å². The molecule has 12 heteroatoms. The van der Waals surface area contributed by atoms with Gasteiger partial charge in [-0.3, -0.25) is 9.52 Å². The van der Waals surface area contributed by atoms with E-state index in [2.05, 4.69) is 19.4 Å². The number of rotatable bonds is 7. The quantitative estimate of drug-likeness (QED) is 0.483. The van der Waals surface area contributed by atoms with Crippen LogP contribution in [0.15, 0.2) is 64.4 Å². The number of sulfonamides is 2. The Morgan fingerprint density at radius 2 is 1.23 bits per heavy atom. The van der Waals surface area contributed by atoms with Crippen molar-refractivity contribution in [2.75, 3.05) is 9.44 Å². The second-order valence-electron chi connectivity index (χ2n) is 6.60. The molecule has 2 aromatic carbocycles. The Labute approximate surface area is 179 Å². The van der Waals surface area contributed by atoms with Crippen LogP contribution in [0.1, 0.15) is 21.7 Å². The molecule has 0 atom stereocenters. The van der Waals surface area contributed by atoms with Crippen LogP contribution in [0.4, 0.5) is 11.6 Å². The minimum Gasteiger partial charge on any atom is -0.366 e. The topological polar surface area (TPSA) is 161 Å². The van der Waals surface area contributed by atoms with Gasteiger partial charge in [0.15, 0.2) is 0 Å². The van der Waals surface area contributed by atoms with Crippen LogP contribution in [0, 0.1) is 13.8 Å². The molecule has 0 aliphatic rings. The number of nitrogens with two attached hydrogens (primary N) is 1. The summed E-state index contributed by atoms with van der Waals surface area (Å²) in [5, 5.41) is 0. The Kier molecular flexibility index (Phi) is 5.95. The number of anilines is 2. The van der Waals surface area contributed by atoms with Crippen LogP contribution in [-0.2, 0) is 20.0 Å². The number of aryl methyl sites for hydroxylation is 2. The Hall–Kier alpha value is -3.51. The number of carbonyl (C=O) groups excluding carboxylic acids is 1. The number of hydrogen-bond donors (Lipinski definition) is 3. The molecular formula is C19H19N5O5S2. The summed E-state index contributed by atoms with van der Waals surface area (Å²) in [4.78, 5) is 19.0. The van der Waals surface area contributed by atoms with E-state index in [1.165, 1.54) is 48.5 Å². The number of aromatic nitrogens is 2. The molecule has 3 aromatic rings. The van der Waals surface area contributed by atoms with E-state index in [9.17, 15) is 21.6 Å². The lowest BCUT2D eigenvalue weighted by Gasteiger charge is -2.10. The zero-order valence-corrected chi connectivity index (χ0v) is 18.2. The zero-order chi connectivity index (χ0) is 22.8. The summed E-state index contributed by atoms with van der Waals surface area (Å²) >= 11 is 0. The van der Waals surface area contributed by atoms with Crippen LogP contribution in [0.25, 0.3) is 0 Å². The first-order valence-corrected chi connectivity index (χ1v) is 11.8. The number of hydrogen-bond acceptors (Lipinski definition) is 7. The minimum absolute atomic E-state index is 0.0540. The van der Waals surface area contributed by atoms with Gasteiger partial charge in [0, 0.05) is 22.6 Å². The molecule has 0 bridgehead atoms. The lowest BCUT2D eigenvalue weighted by atomic mass is 10.2. The van der Waals surface area contributed by atoms with E-state index >= 15 is 0 Å². The molecule has 0 aliphatic carbocycles. The van der Waals surface area contributed by atoms with Gasteiger partial charge in [0.2, 0.25) is 11.9 Å². The molecule has 1 amide bonds. The van der Waals surface area contributed by atoms with Gasteiger partial charge in [0.1, 0.15) is 0 Å². The van der Waals surface area contributed by atoms with Gasteiger partial charge < -0.3 is 5.73 Å². The fraction of sp³-hybridized carbons (Fsp3) is 0.105. The molecule has 1 heterocycles. The summed E-state index contributed by atoms with van der Waals surface area (Å²) < 4.78 is 54.8. The normalized spacial score (nSPS) is 11.7. The standard InChI is InChI=1S/C19H19N5O5S2/c1-12-11-13(2)22-19(21-12)24-31(28,29)17-9-5-15(6-10-17)23-30(26,27)16-7-3-14(4-8-16)18(20)25/h3-11,23H,1-2H3,(H2,20,25)(H,21,22,24). The maximum absolute atomic E-state index is 12.6. The molecule has 0 spiro atoms. The molecule has 0 unspecified atom stereocenters. The maximum Gasteiger partial charge on any atom is 0.264 e. The molecule has 0 radical (unpaired) electrons. The summed E-state index contributed by atoms with van der Waals surface area (Å²) in [5.41, 5.74) is 6.69. The van der Waals surface area contributed by atoms with Crippen LogP contribution >= 0.6 is 0 Å². The van der Waals surface area contributed by atoms with Gasteiger partial charge in [-0.1, -0.05) is 0 Å². The lowest BCUT2D eigenvalue weighted by Crippen LogP contribution is -2.16. The van der Waals surface area contributed by atoms with Crippen LogP contribution in [0.3, 0.4) is 0 Å². The Morgan fingerprint density at radius 1 is 0.774 bits per heavy atom. The highest BCUT2D eigenvalue weighted by Gasteiger charge is 2.18. The van der Waals surface area contributed by atoms with E-state index in [1.54, 1.807) is 19.9 Å². The van der Waals surface area contributed by atoms with Crippen molar-refractivity contribution in [2.24, 2.45) is 5.73 Å². The highest BCUT2D eigenvalue weighted by Crippen LogP contribution is 2.20. The summed E-state index contributed by atoms with van der Waals surface area (Å²) in [6.07, 6.45) is 0. The average molecular weight is 462 g/mol. The lowest BCUT2D eigenvalue weighted by molar-refractivity contribution is 0.1000. The Balaban J connectivity index is 1.78. The molecule has 31 heavy (non-hydrogen) atoms. The van der Waals surface area contributed by atoms with Crippen LogP contribution < -0.4 is 15.2 Å². The van der Waals surface area contributed by atoms with E-state index in [0.29, 0.717) is 11.4 Å². The fourth-order valence-corrected chi connectivity index (χ4v) is 4.67. The fourth-order valence-electron chi connectivity index (χ4n) is 2.67.